The molecule has 1 N–H and O–H groups in total. The number of benzene rings is 1. The Kier molecular flexibility index (Phi) is 5.30. The van der Waals surface area contributed by atoms with Gasteiger partial charge in [-0.25, -0.2) is 14.8 Å². The first kappa shape index (κ1) is 20.8. The van der Waals surface area contributed by atoms with Crippen LogP contribution in [0.15, 0.2) is 24.3 Å². The van der Waals surface area contributed by atoms with Gasteiger partial charge < -0.3 is 19.6 Å². The molecule has 3 aliphatic rings. The molecule has 5 rings (SSSR count). The Morgan fingerprint density at radius 3 is 2.97 bits per heavy atom. The molecule has 1 spiro atoms. The molecule has 9 heteroatoms. The summed E-state index contributed by atoms with van der Waals surface area (Å²) < 4.78 is 5.90. The number of nitriles is 1. The number of hydrogen-bond donors (Lipinski definition) is 1. The van der Waals surface area contributed by atoms with Gasteiger partial charge in [0, 0.05) is 42.6 Å². The summed E-state index contributed by atoms with van der Waals surface area (Å²) in [6.45, 7) is 1.94. The summed E-state index contributed by atoms with van der Waals surface area (Å²) in [7, 11) is 0. The molecule has 2 aliphatic heterocycles. The molecular weight excluding hydrogens is 430 g/mol. The summed E-state index contributed by atoms with van der Waals surface area (Å²) >= 11 is 6.37. The number of fused-ring (bicyclic) bond motifs is 3. The van der Waals surface area contributed by atoms with E-state index >= 15 is 0 Å². The van der Waals surface area contributed by atoms with Gasteiger partial charge in [-0.2, -0.15) is 5.26 Å². The number of rotatable bonds is 2. The summed E-state index contributed by atoms with van der Waals surface area (Å²) in [5.74, 6) is 1.73. The van der Waals surface area contributed by atoms with Gasteiger partial charge in [-0.05, 0) is 36.9 Å². The molecule has 166 valence electrons. The van der Waals surface area contributed by atoms with Crippen molar-refractivity contribution >= 4 is 23.5 Å². The highest BCUT2D eigenvalue weighted by Gasteiger charge is 2.42. The molecule has 3 heterocycles. The number of hydrogen-bond acceptors (Lipinski definition) is 6. The van der Waals surface area contributed by atoms with Crippen molar-refractivity contribution < 1.29 is 14.6 Å². The van der Waals surface area contributed by atoms with E-state index in [2.05, 4.69) is 33.1 Å². The second-order valence-corrected chi connectivity index (χ2v) is 9.07. The van der Waals surface area contributed by atoms with Crippen LogP contribution < -0.4 is 9.64 Å². The quantitative estimate of drug-likeness (QED) is 0.695. The van der Waals surface area contributed by atoms with Crippen molar-refractivity contribution in [1.29, 1.82) is 5.26 Å². The van der Waals surface area contributed by atoms with Gasteiger partial charge in [0.25, 0.3) is 0 Å². The van der Waals surface area contributed by atoms with Crippen LogP contribution in [0.3, 0.4) is 0 Å². The Balaban J connectivity index is 1.48. The maximum Gasteiger partial charge on any atom is 0.407 e. The minimum atomic E-state index is -0.993. The summed E-state index contributed by atoms with van der Waals surface area (Å²) in [6.07, 6.45) is 2.64. The molecule has 1 amide bonds. The molecular formula is C23H24ClN5O3. The summed E-state index contributed by atoms with van der Waals surface area (Å²) in [5, 5.41) is 18.9. The van der Waals surface area contributed by atoms with Crippen molar-refractivity contribution in [1.82, 2.24) is 14.9 Å². The molecule has 1 aromatic carbocycles. The Labute approximate surface area is 191 Å². The molecule has 1 saturated heterocycles. The van der Waals surface area contributed by atoms with Crippen LogP contribution in [0, 0.1) is 11.3 Å². The SMILES string of the molecule is N#CC[C@H]1CN(c2nc(Cl)nc3c2CCC2(CCOc4ccccc42)C3)CCN1C(=O)O. The first-order valence-corrected chi connectivity index (χ1v) is 11.3. The predicted molar refractivity (Wildman–Crippen MR) is 118 cm³/mol. The highest BCUT2D eigenvalue weighted by Crippen LogP contribution is 2.48. The van der Waals surface area contributed by atoms with Gasteiger partial charge in [0.2, 0.25) is 5.28 Å². The Morgan fingerprint density at radius 2 is 2.16 bits per heavy atom. The molecule has 0 radical (unpaired) electrons. The van der Waals surface area contributed by atoms with Gasteiger partial charge in [0.15, 0.2) is 0 Å². The van der Waals surface area contributed by atoms with Crippen molar-refractivity contribution in [3.8, 4) is 11.8 Å². The van der Waals surface area contributed by atoms with E-state index in [0.717, 1.165) is 48.5 Å². The second-order valence-electron chi connectivity index (χ2n) is 8.73. The van der Waals surface area contributed by atoms with Crippen LogP contribution in [-0.2, 0) is 18.3 Å². The average molecular weight is 454 g/mol. The van der Waals surface area contributed by atoms with Crippen molar-refractivity contribution in [3.63, 3.8) is 0 Å². The third-order valence-electron chi connectivity index (χ3n) is 7.05. The number of carbonyl (C=O) groups is 1. The van der Waals surface area contributed by atoms with Crippen LogP contribution in [0.25, 0.3) is 0 Å². The molecule has 1 fully saturated rings. The van der Waals surface area contributed by atoms with Gasteiger partial charge >= 0.3 is 6.09 Å². The first-order chi connectivity index (χ1) is 15.5. The zero-order valence-corrected chi connectivity index (χ0v) is 18.4. The lowest BCUT2D eigenvalue weighted by Gasteiger charge is -2.44. The predicted octanol–water partition coefficient (Wildman–Crippen LogP) is 3.42. The van der Waals surface area contributed by atoms with Crippen LogP contribution in [0.4, 0.5) is 10.6 Å². The Hall–Kier alpha value is -3.05. The second kappa shape index (κ2) is 8.14. The third-order valence-corrected chi connectivity index (χ3v) is 7.22. The maximum atomic E-state index is 11.6. The van der Waals surface area contributed by atoms with Crippen LogP contribution in [0.5, 0.6) is 5.75 Å². The van der Waals surface area contributed by atoms with Gasteiger partial charge in [-0.3, -0.25) is 0 Å². The molecule has 32 heavy (non-hydrogen) atoms. The highest BCUT2D eigenvalue weighted by atomic mass is 35.5. The fourth-order valence-electron chi connectivity index (χ4n) is 5.47. The number of ether oxygens (including phenoxy) is 1. The van der Waals surface area contributed by atoms with E-state index in [9.17, 15) is 15.2 Å². The van der Waals surface area contributed by atoms with Crippen LogP contribution >= 0.6 is 11.6 Å². The van der Waals surface area contributed by atoms with E-state index in [0.29, 0.717) is 26.2 Å². The van der Waals surface area contributed by atoms with Crippen LogP contribution in [-0.4, -0.2) is 58.4 Å². The minimum absolute atomic E-state index is 0.0257. The van der Waals surface area contributed by atoms with Crippen molar-refractivity contribution in [3.05, 3.63) is 46.4 Å². The lowest BCUT2D eigenvalue weighted by molar-refractivity contribution is 0.119. The van der Waals surface area contributed by atoms with Gasteiger partial charge in [0.05, 0.1) is 30.8 Å². The number of halogens is 1. The highest BCUT2D eigenvalue weighted by molar-refractivity contribution is 6.28. The minimum Gasteiger partial charge on any atom is -0.493 e. The molecule has 2 atom stereocenters. The average Bonchev–Trinajstić information content (AvgIpc) is 2.79. The van der Waals surface area contributed by atoms with E-state index in [-0.39, 0.29) is 17.1 Å². The molecule has 1 aromatic heterocycles. The Morgan fingerprint density at radius 1 is 1.31 bits per heavy atom. The van der Waals surface area contributed by atoms with E-state index in [1.807, 2.05) is 12.1 Å². The summed E-state index contributed by atoms with van der Waals surface area (Å²) in [6, 6.07) is 9.96. The number of anilines is 1. The zero-order chi connectivity index (χ0) is 22.3. The Bertz CT molecular complexity index is 1100. The van der Waals surface area contributed by atoms with Crippen molar-refractivity contribution in [2.45, 2.75) is 43.6 Å². The van der Waals surface area contributed by atoms with E-state index in [1.54, 1.807) is 0 Å². The monoisotopic (exact) mass is 453 g/mol. The number of piperazine rings is 1. The topological polar surface area (TPSA) is 103 Å². The van der Waals surface area contributed by atoms with Crippen molar-refractivity contribution in [2.24, 2.45) is 0 Å². The van der Waals surface area contributed by atoms with Crippen molar-refractivity contribution in [2.75, 3.05) is 31.1 Å². The van der Waals surface area contributed by atoms with Crippen LogP contribution in [0.2, 0.25) is 5.28 Å². The van der Waals surface area contributed by atoms with E-state index < -0.39 is 12.1 Å². The van der Waals surface area contributed by atoms with Crippen LogP contribution in [0.1, 0.15) is 36.1 Å². The molecule has 1 aliphatic carbocycles. The number of amides is 1. The molecule has 1 unspecified atom stereocenters. The summed E-state index contributed by atoms with van der Waals surface area (Å²) in [5.41, 5.74) is 3.25. The first-order valence-electron chi connectivity index (χ1n) is 10.9. The van der Waals surface area contributed by atoms with Gasteiger partial charge in [-0.15, -0.1) is 0 Å². The normalized spacial score (nSPS) is 24.3. The lowest BCUT2D eigenvalue weighted by Crippen LogP contribution is -2.55. The molecule has 8 nitrogen and oxygen atoms in total. The number of aromatic nitrogens is 2. The number of para-hydroxylation sites is 1. The molecule has 2 aromatic rings. The van der Waals surface area contributed by atoms with Gasteiger partial charge in [-0.1, -0.05) is 18.2 Å². The number of carboxylic acid groups (broad SMARTS) is 1. The van der Waals surface area contributed by atoms with E-state index in [1.165, 1.54) is 10.5 Å². The molecule has 0 bridgehead atoms. The third kappa shape index (κ3) is 3.51. The number of nitrogens with zero attached hydrogens (tertiary/aromatic N) is 5. The lowest BCUT2D eigenvalue weighted by atomic mass is 9.66. The largest absolute Gasteiger partial charge is 0.493 e. The fraction of sp³-hybridized carbons (Fsp3) is 0.478. The smallest absolute Gasteiger partial charge is 0.407 e. The van der Waals surface area contributed by atoms with E-state index in [4.69, 9.17) is 16.3 Å². The fourth-order valence-corrected chi connectivity index (χ4v) is 5.65. The summed E-state index contributed by atoms with van der Waals surface area (Å²) in [4.78, 5) is 24.2. The maximum absolute atomic E-state index is 11.6. The zero-order valence-electron chi connectivity index (χ0n) is 17.6. The molecule has 0 saturated carbocycles. The standard InChI is InChI=1S/C23H24ClN5O3/c24-21-26-18-13-23(8-12-32-19-4-2-1-3-17(19)23)7-5-16(18)20(27-21)28-10-11-29(22(30)31)15(14-28)6-9-25/h1-4,15H,5-8,10-14H2,(H,30,31)/t15-,23?/m0/s1. The van der Waals surface area contributed by atoms with Gasteiger partial charge in [0.1, 0.15) is 11.6 Å².